The van der Waals surface area contributed by atoms with E-state index < -0.39 is 41.2 Å². The second kappa shape index (κ2) is 9.68. The van der Waals surface area contributed by atoms with Gasteiger partial charge in [0.1, 0.15) is 0 Å². The van der Waals surface area contributed by atoms with Crippen LogP contribution in [0.2, 0.25) is 0 Å². The molecule has 1 aromatic heterocycles. The number of amides is 2. The molecule has 0 radical (unpaired) electrons. The normalized spacial score (nSPS) is 11.2. The SMILES string of the molecule is CCc1ccccc1NC(=O)CNC(=O)c1nn(-c2ccccc2C(F)(F)F)c(C)cc1=O. The maximum Gasteiger partial charge on any atom is 0.418 e. The molecule has 0 saturated carbocycles. The molecular weight excluding hydrogens is 437 g/mol. The molecule has 2 amide bonds. The van der Waals surface area contributed by atoms with E-state index in [1.54, 1.807) is 12.1 Å². The molecule has 0 bridgehead atoms. The summed E-state index contributed by atoms with van der Waals surface area (Å²) in [5, 5.41) is 8.83. The summed E-state index contributed by atoms with van der Waals surface area (Å²) in [6.45, 7) is 2.88. The molecule has 0 unspecified atom stereocenters. The quantitative estimate of drug-likeness (QED) is 0.592. The Balaban J connectivity index is 1.82. The number of para-hydroxylation sites is 2. The van der Waals surface area contributed by atoms with Gasteiger partial charge in [-0.3, -0.25) is 14.4 Å². The van der Waals surface area contributed by atoms with E-state index in [1.165, 1.54) is 25.1 Å². The zero-order valence-corrected chi connectivity index (χ0v) is 17.9. The highest BCUT2D eigenvalue weighted by molar-refractivity contribution is 5.98. The van der Waals surface area contributed by atoms with Gasteiger partial charge >= 0.3 is 6.18 Å². The van der Waals surface area contributed by atoms with E-state index in [4.69, 9.17) is 0 Å². The van der Waals surface area contributed by atoms with E-state index in [9.17, 15) is 27.6 Å². The first-order valence-corrected chi connectivity index (χ1v) is 10.0. The Morgan fingerprint density at radius 2 is 1.73 bits per heavy atom. The van der Waals surface area contributed by atoms with Crippen molar-refractivity contribution in [3.05, 3.63) is 87.3 Å². The number of hydrogen-bond donors (Lipinski definition) is 2. The number of aromatic nitrogens is 2. The Morgan fingerprint density at radius 3 is 2.42 bits per heavy atom. The number of nitrogens with zero attached hydrogens (tertiary/aromatic N) is 2. The van der Waals surface area contributed by atoms with Gasteiger partial charge < -0.3 is 10.6 Å². The van der Waals surface area contributed by atoms with Crippen molar-refractivity contribution in [2.45, 2.75) is 26.4 Å². The number of carbonyl (C=O) groups excluding carboxylic acids is 2. The molecule has 7 nitrogen and oxygen atoms in total. The standard InChI is InChI=1S/C23H21F3N4O3/c1-3-15-8-4-6-10-17(15)28-20(32)13-27-22(33)21-19(31)12-14(2)30(29-21)18-11-7-5-9-16(18)23(24,25)26/h4-12H,3,13H2,1-2H3,(H,27,33)(H,28,32). The summed E-state index contributed by atoms with van der Waals surface area (Å²) in [6, 6.07) is 12.9. The van der Waals surface area contributed by atoms with Gasteiger partial charge in [-0.25, -0.2) is 4.68 Å². The molecular formula is C23H21F3N4O3. The molecule has 3 aromatic rings. The Hall–Kier alpha value is -3.95. The van der Waals surface area contributed by atoms with Crippen molar-refractivity contribution >= 4 is 17.5 Å². The lowest BCUT2D eigenvalue weighted by Gasteiger charge is -2.16. The average molecular weight is 458 g/mol. The zero-order chi connectivity index (χ0) is 24.2. The fourth-order valence-electron chi connectivity index (χ4n) is 3.24. The summed E-state index contributed by atoms with van der Waals surface area (Å²) in [7, 11) is 0. The Labute approximate surface area is 187 Å². The maximum atomic E-state index is 13.4. The number of carbonyl (C=O) groups is 2. The smallest absolute Gasteiger partial charge is 0.341 e. The minimum atomic E-state index is -4.66. The molecule has 0 atom stereocenters. The summed E-state index contributed by atoms with van der Waals surface area (Å²) >= 11 is 0. The molecule has 3 rings (SSSR count). The van der Waals surface area contributed by atoms with Crippen LogP contribution in [-0.2, 0) is 17.4 Å². The second-order valence-corrected chi connectivity index (χ2v) is 7.17. The van der Waals surface area contributed by atoms with E-state index >= 15 is 0 Å². The molecule has 0 aliphatic rings. The number of aryl methyl sites for hydroxylation is 2. The van der Waals surface area contributed by atoms with Gasteiger partial charge in [0.15, 0.2) is 5.69 Å². The summed E-state index contributed by atoms with van der Waals surface area (Å²) in [5.41, 5.74) is -1.08. The third-order valence-electron chi connectivity index (χ3n) is 4.84. The lowest BCUT2D eigenvalue weighted by molar-refractivity contribution is -0.137. The number of nitrogens with one attached hydrogen (secondary N) is 2. The van der Waals surface area contributed by atoms with E-state index in [0.717, 1.165) is 22.4 Å². The lowest BCUT2D eigenvalue weighted by Crippen LogP contribution is -2.37. The Morgan fingerprint density at radius 1 is 1.06 bits per heavy atom. The van der Waals surface area contributed by atoms with Crippen LogP contribution in [0.15, 0.2) is 59.4 Å². The van der Waals surface area contributed by atoms with Gasteiger partial charge in [-0.05, 0) is 37.1 Å². The third-order valence-corrected chi connectivity index (χ3v) is 4.84. The lowest BCUT2D eigenvalue weighted by atomic mass is 10.1. The van der Waals surface area contributed by atoms with Crippen LogP contribution in [0.1, 0.15) is 34.2 Å². The van der Waals surface area contributed by atoms with Gasteiger partial charge in [0.05, 0.1) is 17.8 Å². The fourth-order valence-corrected chi connectivity index (χ4v) is 3.24. The van der Waals surface area contributed by atoms with Gasteiger partial charge in [0.2, 0.25) is 11.3 Å². The van der Waals surface area contributed by atoms with Crippen LogP contribution in [0, 0.1) is 6.92 Å². The highest BCUT2D eigenvalue weighted by Gasteiger charge is 2.34. The number of halogens is 3. The number of benzene rings is 2. The zero-order valence-electron chi connectivity index (χ0n) is 17.9. The van der Waals surface area contributed by atoms with E-state index in [0.29, 0.717) is 12.1 Å². The van der Waals surface area contributed by atoms with Gasteiger partial charge in [-0.15, -0.1) is 0 Å². The topological polar surface area (TPSA) is 93.1 Å². The van der Waals surface area contributed by atoms with E-state index in [-0.39, 0.29) is 11.4 Å². The molecule has 0 aliphatic carbocycles. The number of anilines is 1. The molecule has 0 fully saturated rings. The number of hydrogen-bond acceptors (Lipinski definition) is 4. The van der Waals surface area contributed by atoms with Crippen molar-refractivity contribution in [3.8, 4) is 5.69 Å². The van der Waals surface area contributed by atoms with Crippen LogP contribution in [0.3, 0.4) is 0 Å². The molecule has 33 heavy (non-hydrogen) atoms. The summed E-state index contributed by atoms with van der Waals surface area (Å²) < 4.78 is 41.1. The summed E-state index contributed by atoms with van der Waals surface area (Å²) in [5.74, 6) is -1.50. The highest BCUT2D eigenvalue weighted by Crippen LogP contribution is 2.33. The molecule has 0 aliphatic heterocycles. The minimum Gasteiger partial charge on any atom is -0.341 e. The highest BCUT2D eigenvalue weighted by atomic mass is 19.4. The van der Waals surface area contributed by atoms with Crippen molar-refractivity contribution in [3.63, 3.8) is 0 Å². The minimum absolute atomic E-state index is 0.113. The van der Waals surface area contributed by atoms with Crippen molar-refractivity contribution in [2.24, 2.45) is 0 Å². The van der Waals surface area contributed by atoms with Crippen molar-refractivity contribution in [1.29, 1.82) is 0 Å². The second-order valence-electron chi connectivity index (χ2n) is 7.17. The first kappa shape index (κ1) is 23.7. The average Bonchev–Trinajstić information content (AvgIpc) is 2.77. The molecule has 10 heteroatoms. The molecule has 1 heterocycles. The van der Waals surface area contributed by atoms with Crippen LogP contribution in [-0.4, -0.2) is 28.1 Å². The monoisotopic (exact) mass is 458 g/mol. The maximum absolute atomic E-state index is 13.4. The largest absolute Gasteiger partial charge is 0.418 e. The van der Waals surface area contributed by atoms with Crippen molar-refractivity contribution in [1.82, 2.24) is 15.1 Å². The summed E-state index contributed by atoms with van der Waals surface area (Å²) in [6.07, 6.45) is -3.97. The van der Waals surface area contributed by atoms with Crippen LogP contribution >= 0.6 is 0 Å². The molecule has 0 saturated heterocycles. The number of rotatable bonds is 6. The van der Waals surface area contributed by atoms with E-state index in [2.05, 4.69) is 15.7 Å². The van der Waals surface area contributed by atoms with Gasteiger partial charge in [0, 0.05) is 17.4 Å². The van der Waals surface area contributed by atoms with Crippen molar-refractivity contribution < 1.29 is 22.8 Å². The van der Waals surface area contributed by atoms with Gasteiger partial charge in [0.25, 0.3) is 5.91 Å². The molecule has 0 spiro atoms. The van der Waals surface area contributed by atoms with Gasteiger partial charge in [-0.1, -0.05) is 37.3 Å². The fraction of sp³-hybridized carbons (Fsp3) is 0.217. The Bertz CT molecular complexity index is 1250. The van der Waals surface area contributed by atoms with Crippen molar-refractivity contribution in [2.75, 3.05) is 11.9 Å². The third kappa shape index (κ3) is 5.46. The first-order chi connectivity index (χ1) is 15.6. The van der Waals surface area contributed by atoms with E-state index in [1.807, 2.05) is 19.1 Å². The Kier molecular flexibility index (Phi) is 6.95. The molecule has 2 N–H and O–H groups in total. The molecule has 172 valence electrons. The van der Waals surface area contributed by atoms with Crippen LogP contribution in [0.5, 0.6) is 0 Å². The summed E-state index contributed by atoms with van der Waals surface area (Å²) in [4.78, 5) is 37.1. The van der Waals surface area contributed by atoms with Gasteiger partial charge in [-0.2, -0.15) is 18.3 Å². The van der Waals surface area contributed by atoms with Crippen LogP contribution in [0.25, 0.3) is 5.69 Å². The number of alkyl halides is 3. The predicted molar refractivity (Wildman–Crippen MR) is 116 cm³/mol. The predicted octanol–water partition coefficient (Wildman–Crippen LogP) is 3.49. The van der Waals surface area contributed by atoms with Crippen LogP contribution in [0.4, 0.5) is 18.9 Å². The molecule has 2 aromatic carbocycles. The van der Waals surface area contributed by atoms with Crippen LogP contribution < -0.4 is 16.1 Å². The first-order valence-electron chi connectivity index (χ1n) is 10.0.